The second-order valence-corrected chi connectivity index (χ2v) is 7.04. The predicted octanol–water partition coefficient (Wildman–Crippen LogP) is 5.36. The molecule has 3 aromatic carbocycles. The normalized spacial score (nSPS) is 12.3. The number of amides is 1. The van der Waals surface area contributed by atoms with Gasteiger partial charge in [0.2, 0.25) is 0 Å². The molecule has 0 saturated heterocycles. The Kier molecular flexibility index (Phi) is 3.91. The third kappa shape index (κ3) is 2.95. The Bertz CT molecular complexity index is 1280. The van der Waals surface area contributed by atoms with Crippen LogP contribution in [0.3, 0.4) is 0 Å². The van der Waals surface area contributed by atoms with Crippen LogP contribution in [-0.4, -0.2) is 10.8 Å². The highest BCUT2D eigenvalue weighted by atomic mass is 16.6. The standard InChI is InChI=1S/C23H16N2O4/c26-23(21-12-11-20(29-21)16-4-1-5-17(13-16)25(27)28)24-19-10-9-15-8-7-14-3-2-6-18(19)22(14)15/h1-6,9-13H,7-8H2,(H,24,26). The first-order valence-electron chi connectivity index (χ1n) is 9.29. The second kappa shape index (κ2) is 6.60. The van der Waals surface area contributed by atoms with Crippen LogP contribution in [0.5, 0.6) is 0 Å². The molecular formula is C23H16N2O4. The summed E-state index contributed by atoms with van der Waals surface area (Å²) in [4.78, 5) is 23.3. The summed E-state index contributed by atoms with van der Waals surface area (Å²) in [5.41, 5.74) is 3.87. The van der Waals surface area contributed by atoms with Crippen molar-refractivity contribution in [3.8, 4) is 11.3 Å². The molecule has 1 heterocycles. The topological polar surface area (TPSA) is 85.4 Å². The number of nitrogens with zero attached hydrogens (tertiary/aromatic N) is 1. The number of nitrogens with one attached hydrogen (secondary N) is 1. The first-order chi connectivity index (χ1) is 14.1. The number of hydrogen-bond acceptors (Lipinski definition) is 4. The number of benzene rings is 3. The molecule has 1 aliphatic carbocycles. The van der Waals surface area contributed by atoms with Gasteiger partial charge in [0.25, 0.3) is 11.6 Å². The molecule has 5 rings (SSSR count). The van der Waals surface area contributed by atoms with Crippen molar-refractivity contribution in [1.29, 1.82) is 0 Å². The van der Waals surface area contributed by atoms with Crippen LogP contribution in [0.4, 0.5) is 11.4 Å². The van der Waals surface area contributed by atoms with Gasteiger partial charge in [-0.25, -0.2) is 0 Å². The Balaban J connectivity index is 1.44. The lowest BCUT2D eigenvalue weighted by molar-refractivity contribution is -0.384. The number of furan rings is 1. The van der Waals surface area contributed by atoms with Gasteiger partial charge in [0.1, 0.15) is 5.76 Å². The predicted molar refractivity (Wildman–Crippen MR) is 110 cm³/mol. The molecule has 0 radical (unpaired) electrons. The summed E-state index contributed by atoms with van der Waals surface area (Å²) in [6.45, 7) is 0. The van der Waals surface area contributed by atoms with E-state index in [1.54, 1.807) is 24.3 Å². The Morgan fingerprint density at radius 2 is 1.76 bits per heavy atom. The maximum Gasteiger partial charge on any atom is 0.291 e. The van der Waals surface area contributed by atoms with Crippen molar-refractivity contribution in [3.05, 3.63) is 93.7 Å². The summed E-state index contributed by atoms with van der Waals surface area (Å²) in [6.07, 6.45) is 2.05. The number of non-ortho nitro benzene ring substituents is 1. The fourth-order valence-electron chi connectivity index (χ4n) is 3.93. The summed E-state index contributed by atoms with van der Waals surface area (Å²) >= 11 is 0. The molecule has 6 heteroatoms. The Hall–Kier alpha value is -3.93. The number of hydrogen-bond donors (Lipinski definition) is 1. The van der Waals surface area contributed by atoms with Gasteiger partial charge in [-0.05, 0) is 47.6 Å². The van der Waals surface area contributed by atoms with Crippen molar-refractivity contribution in [2.24, 2.45) is 0 Å². The average Bonchev–Trinajstić information content (AvgIpc) is 3.39. The number of rotatable bonds is 4. The van der Waals surface area contributed by atoms with Crippen LogP contribution in [0.2, 0.25) is 0 Å². The third-order valence-electron chi connectivity index (χ3n) is 5.30. The van der Waals surface area contributed by atoms with Crippen molar-refractivity contribution < 1.29 is 14.1 Å². The zero-order valence-electron chi connectivity index (χ0n) is 15.3. The van der Waals surface area contributed by atoms with Gasteiger partial charge in [-0.2, -0.15) is 0 Å². The molecule has 0 aliphatic heterocycles. The maximum absolute atomic E-state index is 12.7. The largest absolute Gasteiger partial charge is 0.451 e. The van der Waals surface area contributed by atoms with E-state index in [0.717, 1.165) is 23.9 Å². The molecule has 0 saturated carbocycles. The van der Waals surface area contributed by atoms with E-state index in [0.29, 0.717) is 11.3 Å². The molecule has 0 unspecified atom stereocenters. The summed E-state index contributed by atoms with van der Waals surface area (Å²) in [5, 5.41) is 16.2. The van der Waals surface area contributed by atoms with E-state index in [-0.39, 0.29) is 17.4 Å². The molecule has 6 nitrogen and oxygen atoms in total. The zero-order valence-corrected chi connectivity index (χ0v) is 15.3. The van der Waals surface area contributed by atoms with Crippen LogP contribution in [0.25, 0.3) is 22.1 Å². The van der Waals surface area contributed by atoms with E-state index in [1.165, 1.54) is 28.6 Å². The van der Waals surface area contributed by atoms with Crippen LogP contribution in [0, 0.1) is 10.1 Å². The highest BCUT2D eigenvalue weighted by Gasteiger charge is 2.19. The van der Waals surface area contributed by atoms with E-state index >= 15 is 0 Å². The molecule has 1 aromatic heterocycles. The van der Waals surface area contributed by atoms with E-state index in [9.17, 15) is 14.9 Å². The van der Waals surface area contributed by atoms with Gasteiger partial charge in [-0.3, -0.25) is 14.9 Å². The van der Waals surface area contributed by atoms with E-state index in [4.69, 9.17) is 4.42 Å². The molecule has 0 bridgehead atoms. The Morgan fingerprint density at radius 3 is 2.59 bits per heavy atom. The van der Waals surface area contributed by atoms with Gasteiger partial charge in [0.15, 0.2) is 5.76 Å². The molecule has 1 amide bonds. The van der Waals surface area contributed by atoms with Gasteiger partial charge in [0.05, 0.1) is 4.92 Å². The molecule has 1 N–H and O–H groups in total. The van der Waals surface area contributed by atoms with Crippen molar-refractivity contribution >= 4 is 28.1 Å². The van der Waals surface area contributed by atoms with Gasteiger partial charge in [-0.15, -0.1) is 0 Å². The summed E-state index contributed by atoms with van der Waals surface area (Å²) in [6, 6.07) is 19.5. The maximum atomic E-state index is 12.7. The fraction of sp³-hybridized carbons (Fsp3) is 0.0870. The smallest absolute Gasteiger partial charge is 0.291 e. The number of aryl methyl sites for hydroxylation is 2. The molecule has 4 aromatic rings. The van der Waals surface area contributed by atoms with Crippen LogP contribution < -0.4 is 5.32 Å². The van der Waals surface area contributed by atoms with Crippen molar-refractivity contribution in [2.45, 2.75) is 12.8 Å². The van der Waals surface area contributed by atoms with Crippen LogP contribution >= 0.6 is 0 Å². The average molecular weight is 384 g/mol. The van der Waals surface area contributed by atoms with Crippen molar-refractivity contribution in [1.82, 2.24) is 0 Å². The first kappa shape index (κ1) is 17.2. The number of carbonyl (C=O) groups is 1. The lowest BCUT2D eigenvalue weighted by atomic mass is 10.0. The molecule has 0 spiro atoms. The van der Waals surface area contributed by atoms with Crippen LogP contribution in [0.15, 0.2) is 71.1 Å². The highest BCUT2D eigenvalue weighted by molar-refractivity contribution is 6.09. The summed E-state index contributed by atoms with van der Waals surface area (Å²) in [5.74, 6) is 0.189. The minimum absolute atomic E-state index is 0.0298. The van der Waals surface area contributed by atoms with Gasteiger partial charge in [-0.1, -0.05) is 36.4 Å². The van der Waals surface area contributed by atoms with Gasteiger partial charge in [0, 0.05) is 28.8 Å². The van der Waals surface area contributed by atoms with E-state index in [2.05, 4.69) is 17.4 Å². The second-order valence-electron chi connectivity index (χ2n) is 7.04. The summed E-state index contributed by atoms with van der Waals surface area (Å²) in [7, 11) is 0. The minimum atomic E-state index is -0.463. The van der Waals surface area contributed by atoms with E-state index in [1.807, 2.05) is 18.2 Å². The fourth-order valence-corrected chi connectivity index (χ4v) is 3.93. The molecular weight excluding hydrogens is 368 g/mol. The minimum Gasteiger partial charge on any atom is -0.451 e. The molecule has 1 aliphatic rings. The molecule has 142 valence electrons. The number of anilines is 1. The lowest BCUT2D eigenvalue weighted by Crippen LogP contribution is -2.11. The van der Waals surface area contributed by atoms with Gasteiger partial charge < -0.3 is 9.73 Å². The third-order valence-corrected chi connectivity index (χ3v) is 5.30. The number of nitro groups is 1. The van der Waals surface area contributed by atoms with Crippen molar-refractivity contribution in [2.75, 3.05) is 5.32 Å². The Labute approximate surface area is 165 Å². The number of nitro benzene ring substituents is 1. The lowest BCUT2D eigenvalue weighted by Gasteiger charge is -2.09. The molecule has 0 atom stereocenters. The first-order valence-corrected chi connectivity index (χ1v) is 9.29. The van der Waals surface area contributed by atoms with Crippen molar-refractivity contribution in [3.63, 3.8) is 0 Å². The van der Waals surface area contributed by atoms with E-state index < -0.39 is 4.92 Å². The Morgan fingerprint density at radius 1 is 0.966 bits per heavy atom. The molecule has 29 heavy (non-hydrogen) atoms. The van der Waals surface area contributed by atoms with Gasteiger partial charge >= 0.3 is 0 Å². The van der Waals surface area contributed by atoms with Crippen LogP contribution in [-0.2, 0) is 12.8 Å². The molecule has 0 fully saturated rings. The summed E-state index contributed by atoms with van der Waals surface area (Å²) < 4.78 is 5.68. The quantitative estimate of drug-likeness (QED) is 0.379. The monoisotopic (exact) mass is 384 g/mol. The van der Waals surface area contributed by atoms with Crippen LogP contribution in [0.1, 0.15) is 21.7 Å². The zero-order chi connectivity index (χ0) is 20.0. The SMILES string of the molecule is O=C(Nc1ccc2c3c(cccc13)CC2)c1ccc(-c2cccc([N+](=O)[O-])c2)o1. The highest BCUT2D eigenvalue weighted by Crippen LogP contribution is 2.35. The number of carbonyl (C=O) groups excluding carboxylic acids is 1.